The lowest BCUT2D eigenvalue weighted by atomic mass is 10.0. The number of rotatable bonds is 48. The normalized spacial score (nSPS) is 13.4. The first-order chi connectivity index (χ1) is 32.1. The average molecular weight is 924 g/mol. The number of likely N-dealkylation sites (N-methyl/N-ethyl adjacent to an activating group) is 1. The third-order valence-electron chi connectivity index (χ3n) is 11.9. The average Bonchev–Trinajstić information content (AvgIpc) is 3.28. The number of nitrogens with zero attached hydrogens (tertiary/aromatic N) is 1. The van der Waals surface area contributed by atoms with Crippen LogP contribution in [0.15, 0.2) is 72.9 Å². The minimum Gasteiger partial charge on any atom is -0.544 e. The minimum absolute atomic E-state index is 0.0164. The van der Waals surface area contributed by atoms with Crippen molar-refractivity contribution in [2.45, 2.75) is 238 Å². The first-order valence-electron chi connectivity index (χ1n) is 27.0. The van der Waals surface area contributed by atoms with Crippen LogP contribution in [0.2, 0.25) is 0 Å². The molecule has 2 atom stereocenters. The van der Waals surface area contributed by atoms with Gasteiger partial charge < -0.3 is 28.6 Å². The molecule has 0 radical (unpaired) electrons. The largest absolute Gasteiger partial charge is 0.544 e. The lowest BCUT2D eigenvalue weighted by Gasteiger charge is -2.34. The first-order valence-corrected chi connectivity index (χ1v) is 27.0. The molecule has 0 amide bonds. The summed E-state index contributed by atoms with van der Waals surface area (Å²) in [5, 5.41) is 11.7. The molecule has 0 aromatic rings. The molecule has 0 aromatic carbocycles. The van der Waals surface area contributed by atoms with E-state index in [2.05, 4.69) is 74.6 Å². The molecule has 0 saturated carbocycles. The van der Waals surface area contributed by atoms with Crippen molar-refractivity contribution < 1.29 is 38.2 Å². The summed E-state index contributed by atoms with van der Waals surface area (Å²) in [5.41, 5.74) is 0. The fourth-order valence-corrected chi connectivity index (χ4v) is 7.75. The lowest BCUT2D eigenvalue weighted by Crippen LogP contribution is -2.55. The van der Waals surface area contributed by atoms with E-state index >= 15 is 0 Å². The SMILES string of the molecule is CC/C=C/C/C=C/C/C=C/C/C=C/C/C=C/C/C=C/CCC(=O)OCC(COCCC(C(=O)[O-])[N+](C)(C)C)OC(=O)CCCCCCCCCCCCCCCCCCCCCCCCC. The maximum atomic E-state index is 12.8. The number of carbonyl (C=O) groups is 3. The number of unbranched alkanes of at least 4 members (excludes halogenated alkanes) is 22. The van der Waals surface area contributed by atoms with Crippen molar-refractivity contribution in [2.24, 2.45) is 0 Å². The second kappa shape index (κ2) is 48.2. The maximum Gasteiger partial charge on any atom is 0.306 e. The molecule has 0 N–H and O–H groups in total. The number of ether oxygens (including phenoxy) is 3. The van der Waals surface area contributed by atoms with E-state index in [0.29, 0.717) is 12.8 Å². The van der Waals surface area contributed by atoms with Crippen LogP contribution in [0.4, 0.5) is 0 Å². The van der Waals surface area contributed by atoms with Crippen LogP contribution in [-0.4, -0.2) is 75.5 Å². The second-order valence-electron chi connectivity index (χ2n) is 19.1. The van der Waals surface area contributed by atoms with E-state index in [1.54, 1.807) is 21.1 Å². The van der Waals surface area contributed by atoms with Gasteiger partial charge in [-0.25, -0.2) is 0 Å². The van der Waals surface area contributed by atoms with Gasteiger partial charge in [0, 0.05) is 19.3 Å². The molecule has 0 aliphatic carbocycles. The Kier molecular flexibility index (Phi) is 45.9. The van der Waals surface area contributed by atoms with Crippen LogP contribution in [0, 0.1) is 0 Å². The van der Waals surface area contributed by atoms with E-state index in [1.807, 2.05) is 12.2 Å². The number of hydrogen-bond acceptors (Lipinski definition) is 7. The molecule has 0 aliphatic heterocycles. The second-order valence-corrected chi connectivity index (χ2v) is 19.1. The van der Waals surface area contributed by atoms with Gasteiger partial charge in [-0.1, -0.05) is 228 Å². The van der Waals surface area contributed by atoms with E-state index in [0.717, 1.165) is 57.8 Å². The summed E-state index contributed by atoms with van der Waals surface area (Å²) in [6.07, 6.45) is 62.5. The molecule has 0 rings (SSSR count). The summed E-state index contributed by atoms with van der Waals surface area (Å²) in [7, 11) is 5.40. The van der Waals surface area contributed by atoms with Crippen molar-refractivity contribution in [1.29, 1.82) is 0 Å². The van der Waals surface area contributed by atoms with Gasteiger partial charge in [0.05, 0.1) is 40.3 Å². The molecule has 0 heterocycles. The third kappa shape index (κ3) is 45.9. The molecule has 0 fully saturated rings. The molecule has 0 spiro atoms. The highest BCUT2D eigenvalue weighted by Gasteiger charge is 2.25. The van der Waals surface area contributed by atoms with Gasteiger partial charge in [-0.15, -0.1) is 0 Å². The van der Waals surface area contributed by atoms with Crippen LogP contribution in [0.5, 0.6) is 0 Å². The molecule has 380 valence electrons. The molecule has 0 bridgehead atoms. The Bertz CT molecular complexity index is 1310. The van der Waals surface area contributed by atoms with Gasteiger partial charge in [-0.3, -0.25) is 9.59 Å². The number of allylic oxidation sites excluding steroid dienone is 12. The fraction of sp³-hybridized carbons (Fsp3) is 0.741. The standard InChI is InChI=1S/C58H101NO7/c1-6-8-10-12-14-16-18-20-22-24-26-27-28-29-31-33-35-37-39-41-43-45-47-49-57(61)66-54(52-64-51-50-55(58(62)63)59(3,4)5)53-65-56(60)48-46-44-42-40-38-36-34-32-30-25-23-21-19-17-15-13-11-9-7-2/h9,11,15,17,21,23,30,32,36,38,42,44,54-55H,6-8,10,12-14,16,18-20,22,24-29,31,33-35,37,39-41,43,45-53H2,1-5H3/b11-9+,17-15+,23-21+,32-30+,38-36+,44-42+. The molecule has 0 aliphatic rings. The summed E-state index contributed by atoms with van der Waals surface area (Å²) < 4.78 is 17.2. The Hall–Kier alpha value is -3.23. The number of quaternary nitrogens is 1. The molecule has 0 saturated heterocycles. The van der Waals surface area contributed by atoms with Crippen LogP contribution in [0.25, 0.3) is 0 Å². The predicted octanol–water partition coefficient (Wildman–Crippen LogP) is 14.5. The zero-order chi connectivity index (χ0) is 48.4. The van der Waals surface area contributed by atoms with E-state index in [4.69, 9.17) is 14.2 Å². The Morgan fingerprint density at radius 2 is 0.848 bits per heavy atom. The molecule has 8 nitrogen and oxygen atoms in total. The predicted molar refractivity (Wildman–Crippen MR) is 277 cm³/mol. The minimum atomic E-state index is -1.13. The number of carbonyl (C=O) groups excluding carboxylic acids is 3. The summed E-state index contributed by atoms with van der Waals surface area (Å²) in [6.45, 7) is 4.49. The van der Waals surface area contributed by atoms with Crippen molar-refractivity contribution in [2.75, 3.05) is 41.0 Å². The number of carboxylic acids is 1. The number of esters is 2. The van der Waals surface area contributed by atoms with E-state index in [-0.39, 0.29) is 49.1 Å². The van der Waals surface area contributed by atoms with Crippen LogP contribution < -0.4 is 5.11 Å². The number of hydrogen-bond donors (Lipinski definition) is 0. The Balaban J connectivity index is 4.28. The van der Waals surface area contributed by atoms with Crippen molar-refractivity contribution in [3.05, 3.63) is 72.9 Å². The topological polar surface area (TPSA) is 102 Å². The fourth-order valence-electron chi connectivity index (χ4n) is 7.75. The first kappa shape index (κ1) is 62.8. The number of carboxylic acid groups (broad SMARTS) is 1. The molecule has 8 heteroatoms. The zero-order valence-corrected chi connectivity index (χ0v) is 43.3. The highest BCUT2D eigenvalue weighted by molar-refractivity contribution is 5.70. The van der Waals surface area contributed by atoms with Gasteiger partial charge >= 0.3 is 11.9 Å². The molecule has 2 unspecified atom stereocenters. The van der Waals surface area contributed by atoms with E-state index in [1.165, 1.54) is 128 Å². The quantitative estimate of drug-likeness (QED) is 0.0259. The maximum absolute atomic E-state index is 12.8. The number of aliphatic carboxylic acids is 1. The van der Waals surface area contributed by atoms with E-state index < -0.39 is 18.1 Å². The molecule has 0 aromatic heterocycles. The van der Waals surface area contributed by atoms with E-state index in [9.17, 15) is 19.5 Å². The van der Waals surface area contributed by atoms with Gasteiger partial charge in [-0.2, -0.15) is 0 Å². The van der Waals surface area contributed by atoms with Crippen molar-refractivity contribution in [3.63, 3.8) is 0 Å². The molecule has 66 heavy (non-hydrogen) atoms. The van der Waals surface area contributed by atoms with Gasteiger partial charge in [-0.05, 0) is 51.4 Å². The van der Waals surface area contributed by atoms with Crippen LogP contribution in [0.1, 0.15) is 226 Å². The zero-order valence-electron chi connectivity index (χ0n) is 43.3. The summed E-state index contributed by atoms with van der Waals surface area (Å²) in [5.74, 6) is -1.84. The van der Waals surface area contributed by atoms with Crippen LogP contribution in [-0.2, 0) is 28.6 Å². The smallest absolute Gasteiger partial charge is 0.306 e. The molecular formula is C58H101NO7. The van der Waals surface area contributed by atoms with Crippen molar-refractivity contribution in [1.82, 2.24) is 0 Å². The lowest BCUT2D eigenvalue weighted by molar-refractivity contribution is -0.889. The summed E-state index contributed by atoms with van der Waals surface area (Å²) in [6, 6.07) is -0.739. The van der Waals surface area contributed by atoms with Crippen LogP contribution >= 0.6 is 0 Å². The summed E-state index contributed by atoms with van der Waals surface area (Å²) in [4.78, 5) is 37.0. The van der Waals surface area contributed by atoms with Gasteiger partial charge in [0.1, 0.15) is 12.6 Å². The Morgan fingerprint density at radius 1 is 0.470 bits per heavy atom. The Morgan fingerprint density at radius 3 is 1.23 bits per heavy atom. The van der Waals surface area contributed by atoms with Crippen molar-refractivity contribution in [3.8, 4) is 0 Å². The third-order valence-corrected chi connectivity index (χ3v) is 11.9. The van der Waals surface area contributed by atoms with Gasteiger partial charge in [0.2, 0.25) is 0 Å². The monoisotopic (exact) mass is 924 g/mol. The highest BCUT2D eigenvalue weighted by Crippen LogP contribution is 2.16. The summed E-state index contributed by atoms with van der Waals surface area (Å²) >= 11 is 0. The highest BCUT2D eigenvalue weighted by atomic mass is 16.6. The molecular weight excluding hydrogens is 823 g/mol. The van der Waals surface area contributed by atoms with Gasteiger partial charge in [0.25, 0.3) is 0 Å². The van der Waals surface area contributed by atoms with Crippen molar-refractivity contribution >= 4 is 17.9 Å². The Labute approximate surface area is 406 Å². The van der Waals surface area contributed by atoms with Gasteiger partial charge in [0.15, 0.2) is 6.10 Å². The van der Waals surface area contributed by atoms with Crippen LogP contribution in [0.3, 0.4) is 0 Å².